The summed E-state index contributed by atoms with van der Waals surface area (Å²) in [6.45, 7) is 1.32. The summed E-state index contributed by atoms with van der Waals surface area (Å²) >= 11 is 0. The van der Waals surface area contributed by atoms with Gasteiger partial charge in [-0.05, 0) is 6.92 Å². The molecule has 0 rings (SSSR count). The first kappa shape index (κ1) is 11.3. The Morgan fingerprint density at radius 3 is 1.45 bits per heavy atom. The van der Waals surface area contributed by atoms with E-state index in [1.807, 2.05) is 0 Å². The highest BCUT2D eigenvalue weighted by atomic mass is 31.2. The molecule has 0 heterocycles. The van der Waals surface area contributed by atoms with E-state index in [4.69, 9.17) is 19.8 Å². The summed E-state index contributed by atoms with van der Waals surface area (Å²) in [6.07, 6.45) is 0. The van der Waals surface area contributed by atoms with Crippen molar-refractivity contribution in [3.8, 4) is 0 Å². The van der Waals surface area contributed by atoms with Gasteiger partial charge in [0.25, 0.3) is 0 Å². The minimum atomic E-state index is -4.95. The van der Waals surface area contributed by atoms with E-state index in [1.54, 1.807) is 0 Å². The second kappa shape index (κ2) is 2.66. The molecule has 0 radical (unpaired) electrons. The van der Waals surface area contributed by atoms with Crippen LogP contribution in [0.15, 0.2) is 0 Å². The van der Waals surface area contributed by atoms with Crippen molar-refractivity contribution in [3.05, 3.63) is 0 Å². The standard InChI is InChI=1S/C3H10O6P2/c1-3(4,10(2,5)6)11(7,8)9/h4H,1-2H3,(H,5,6)(H2,7,8,9). The zero-order chi connectivity index (χ0) is 9.50. The highest BCUT2D eigenvalue weighted by Gasteiger charge is 2.52. The smallest absolute Gasteiger partial charge is 0.366 e. The number of hydrogen-bond acceptors (Lipinski definition) is 3. The van der Waals surface area contributed by atoms with Crippen LogP contribution in [0.25, 0.3) is 0 Å². The second-order valence-electron chi connectivity index (χ2n) is 2.39. The van der Waals surface area contributed by atoms with Crippen LogP contribution >= 0.6 is 15.0 Å². The molecule has 0 bridgehead atoms. The van der Waals surface area contributed by atoms with Gasteiger partial charge in [0.1, 0.15) is 0 Å². The van der Waals surface area contributed by atoms with Crippen LogP contribution in [0.1, 0.15) is 6.92 Å². The fourth-order valence-electron chi connectivity index (χ4n) is 0.242. The van der Waals surface area contributed by atoms with E-state index in [-0.39, 0.29) is 0 Å². The first-order chi connectivity index (χ1) is 4.50. The Balaban J connectivity index is 5.08. The average molecular weight is 204 g/mol. The van der Waals surface area contributed by atoms with Gasteiger partial charge in [-0.3, -0.25) is 9.13 Å². The van der Waals surface area contributed by atoms with Gasteiger partial charge in [0.05, 0.1) is 0 Å². The van der Waals surface area contributed by atoms with Gasteiger partial charge in [0.2, 0.25) is 12.5 Å². The maximum absolute atomic E-state index is 10.7. The van der Waals surface area contributed by atoms with Crippen molar-refractivity contribution >= 4 is 15.0 Å². The highest BCUT2D eigenvalue weighted by molar-refractivity contribution is 7.74. The minimum Gasteiger partial charge on any atom is -0.370 e. The van der Waals surface area contributed by atoms with Crippen molar-refractivity contribution in [3.63, 3.8) is 0 Å². The number of rotatable bonds is 2. The molecule has 0 aliphatic carbocycles. The zero-order valence-corrected chi connectivity index (χ0v) is 7.79. The Morgan fingerprint density at radius 1 is 1.18 bits per heavy atom. The molecule has 0 aliphatic heterocycles. The second-order valence-corrected chi connectivity index (χ2v) is 7.33. The molecule has 0 aromatic carbocycles. The van der Waals surface area contributed by atoms with Crippen molar-refractivity contribution in [1.82, 2.24) is 0 Å². The van der Waals surface area contributed by atoms with Crippen LogP contribution in [0.3, 0.4) is 0 Å². The molecule has 0 aliphatic rings. The molecule has 8 heteroatoms. The third-order valence-electron chi connectivity index (χ3n) is 1.34. The maximum atomic E-state index is 10.7. The molecule has 0 amide bonds. The number of hydrogen-bond donors (Lipinski definition) is 4. The molecule has 6 nitrogen and oxygen atoms in total. The Morgan fingerprint density at radius 2 is 1.45 bits per heavy atom. The lowest BCUT2D eigenvalue weighted by Gasteiger charge is -2.26. The van der Waals surface area contributed by atoms with Crippen molar-refractivity contribution in [2.24, 2.45) is 0 Å². The lowest BCUT2D eigenvalue weighted by Crippen LogP contribution is -2.23. The summed E-state index contributed by atoms with van der Waals surface area (Å²) < 4.78 is 21.1. The van der Waals surface area contributed by atoms with Crippen LogP contribution < -0.4 is 0 Å². The number of aliphatic hydroxyl groups is 1. The lowest BCUT2D eigenvalue weighted by molar-refractivity contribution is 0.166. The highest BCUT2D eigenvalue weighted by Crippen LogP contribution is 2.67. The first-order valence-corrected chi connectivity index (χ1v) is 6.30. The molecular formula is C3H10O6P2. The van der Waals surface area contributed by atoms with E-state index in [0.29, 0.717) is 13.6 Å². The molecule has 0 saturated heterocycles. The third kappa shape index (κ3) is 2.12. The summed E-state index contributed by atoms with van der Waals surface area (Å²) in [5.74, 6) is 0. The van der Waals surface area contributed by atoms with Crippen LogP contribution in [-0.4, -0.2) is 31.5 Å². The minimum absolute atomic E-state index is 0.633. The molecule has 0 aromatic heterocycles. The van der Waals surface area contributed by atoms with Crippen molar-refractivity contribution in [1.29, 1.82) is 0 Å². The van der Waals surface area contributed by atoms with E-state index >= 15 is 0 Å². The van der Waals surface area contributed by atoms with Gasteiger partial charge in [-0.2, -0.15) is 0 Å². The van der Waals surface area contributed by atoms with Gasteiger partial charge in [0, 0.05) is 6.66 Å². The van der Waals surface area contributed by atoms with Gasteiger partial charge in [-0.15, -0.1) is 0 Å². The van der Waals surface area contributed by atoms with Crippen LogP contribution in [0.5, 0.6) is 0 Å². The predicted molar refractivity (Wildman–Crippen MR) is 38.4 cm³/mol. The molecule has 68 valence electrons. The fraction of sp³-hybridized carbons (Fsp3) is 1.00. The van der Waals surface area contributed by atoms with Crippen molar-refractivity contribution in [2.45, 2.75) is 12.0 Å². The molecule has 2 unspecified atom stereocenters. The molecule has 0 spiro atoms. The van der Waals surface area contributed by atoms with Gasteiger partial charge < -0.3 is 19.8 Å². The van der Waals surface area contributed by atoms with E-state index in [1.165, 1.54) is 0 Å². The topological polar surface area (TPSA) is 115 Å². The van der Waals surface area contributed by atoms with E-state index in [9.17, 15) is 9.13 Å². The van der Waals surface area contributed by atoms with Gasteiger partial charge in [-0.1, -0.05) is 0 Å². The quantitative estimate of drug-likeness (QED) is 0.460. The normalized spacial score (nSPS) is 23.8. The summed E-state index contributed by atoms with van der Waals surface area (Å²) in [5, 5.41) is 6.06. The summed E-state index contributed by atoms with van der Waals surface area (Å²) in [4.78, 5) is 25.5. The largest absolute Gasteiger partial charge is 0.370 e. The molecule has 2 atom stereocenters. The average Bonchev–Trinajstić information content (AvgIpc) is 1.58. The molecule has 0 aromatic rings. The summed E-state index contributed by atoms with van der Waals surface area (Å²) in [5.41, 5.74) is 0. The van der Waals surface area contributed by atoms with Crippen LogP contribution in [0.2, 0.25) is 0 Å². The van der Waals surface area contributed by atoms with E-state index in [0.717, 1.165) is 0 Å². The third-order valence-corrected chi connectivity index (χ3v) is 5.91. The lowest BCUT2D eigenvalue weighted by atomic mass is 10.9. The van der Waals surface area contributed by atoms with Crippen LogP contribution in [0.4, 0.5) is 0 Å². The Bertz CT molecular complexity index is 208. The molecular weight excluding hydrogens is 194 g/mol. The Hall–Kier alpha value is 0.300. The van der Waals surface area contributed by atoms with Crippen molar-refractivity contribution in [2.75, 3.05) is 6.66 Å². The van der Waals surface area contributed by atoms with Crippen molar-refractivity contribution < 1.29 is 28.9 Å². The fourth-order valence-corrected chi connectivity index (χ4v) is 2.18. The summed E-state index contributed by atoms with van der Waals surface area (Å²) in [6, 6.07) is 0. The zero-order valence-electron chi connectivity index (χ0n) is 6.00. The summed E-state index contributed by atoms with van der Waals surface area (Å²) in [7, 11) is -9.15. The SMILES string of the molecule is CC(O)(P(C)(=O)O)P(=O)(O)O. The molecule has 0 saturated carbocycles. The first-order valence-electron chi connectivity index (χ1n) is 2.58. The Kier molecular flexibility index (Phi) is 2.73. The van der Waals surface area contributed by atoms with Gasteiger partial charge >= 0.3 is 7.60 Å². The molecule has 11 heavy (non-hydrogen) atoms. The van der Waals surface area contributed by atoms with Crippen LogP contribution in [0, 0.1) is 0 Å². The monoisotopic (exact) mass is 204 g/mol. The van der Waals surface area contributed by atoms with E-state index in [2.05, 4.69) is 0 Å². The Labute approximate surface area is 63.5 Å². The predicted octanol–water partition coefficient (Wildman–Crippen LogP) is -0.270. The molecule has 4 N–H and O–H groups in total. The van der Waals surface area contributed by atoms with Gasteiger partial charge in [-0.25, -0.2) is 0 Å². The van der Waals surface area contributed by atoms with Crippen LogP contribution in [-0.2, 0) is 9.13 Å². The van der Waals surface area contributed by atoms with Gasteiger partial charge in [0.15, 0.2) is 0 Å². The van der Waals surface area contributed by atoms with E-state index < -0.39 is 20.0 Å². The molecule has 0 fully saturated rings. The maximum Gasteiger partial charge on any atom is 0.366 e.